The van der Waals surface area contributed by atoms with Crippen molar-refractivity contribution in [2.45, 2.75) is 51.5 Å². The van der Waals surface area contributed by atoms with Crippen LogP contribution in [0, 0.1) is 17.2 Å². The molecule has 0 radical (unpaired) electrons. The molecule has 13 heteroatoms. The van der Waals surface area contributed by atoms with E-state index in [1.165, 1.54) is 4.90 Å². The van der Waals surface area contributed by atoms with E-state index >= 15 is 0 Å². The Balaban J connectivity index is 1.43. The summed E-state index contributed by atoms with van der Waals surface area (Å²) in [4.78, 5) is 19.9. The van der Waals surface area contributed by atoms with Crippen molar-refractivity contribution >= 4 is 17.5 Å². The number of hydrogen-bond donors (Lipinski definition) is 2. The summed E-state index contributed by atoms with van der Waals surface area (Å²) >= 11 is 0. The number of hydrogen-bond acceptors (Lipinski definition) is 8. The molecule has 1 aliphatic heterocycles. The zero-order chi connectivity index (χ0) is 33.5. The Morgan fingerprint density at radius 2 is 1.89 bits per heavy atom. The van der Waals surface area contributed by atoms with Gasteiger partial charge in [0.15, 0.2) is 5.82 Å². The third-order valence-corrected chi connectivity index (χ3v) is 8.54. The first-order chi connectivity index (χ1) is 22.4. The number of nitrogens with zero attached hydrogens (tertiary/aromatic N) is 6. The normalized spacial score (nSPS) is 15.2. The number of benzene rings is 2. The van der Waals surface area contributed by atoms with E-state index in [4.69, 9.17) is 9.72 Å². The van der Waals surface area contributed by atoms with E-state index < -0.39 is 17.6 Å². The molecule has 10 nitrogen and oxygen atoms in total. The molecule has 0 atom stereocenters. The highest BCUT2D eigenvalue weighted by Gasteiger charge is 2.43. The van der Waals surface area contributed by atoms with Gasteiger partial charge in [-0.05, 0) is 83.5 Å². The zero-order valence-electron chi connectivity index (χ0n) is 26.6. The molecule has 0 saturated heterocycles. The highest BCUT2D eigenvalue weighted by Crippen LogP contribution is 2.42. The maximum Gasteiger partial charge on any atom is 0.416 e. The number of carbonyl (C=O) groups is 1. The predicted octanol–water partition coefficient (Wildman–Crippen LogP) is 5.93. The maximum absolute atomic E-state index is 14.5. The molecule has 0 unspecified atom stereocenters. The number of fused-ring (bicyclic) bond motifs is 1. The number of ether oxygens (including phenoxy) is 1. The van der Waals surface area contributed by atoms with Crippen molar-refractivity contribution < 1.29 is 22.7 Å². The summed E-state index contributed by atoms with van der Waals surface area (Å²) in [6.45, 7) is 4.97. The van der Waals surface area contributed by atoms with Crippen molar-refractivity contribution in [1.29, 1.82) is 5.26 Å². The van der Waals surface area contributed by atoms with Crippen LogP contribution in [0.2, 0.25) is 0 Å². The van der Waals surface area contributed by atoms with Crippen LogP contribution in [0.5, 0.6) is 0 Å². The number of pyridine rings is 1. The number of amides is 1. The Bertz CT molecular complexity index is 1870. The van der Waals surface area contributed by atoms with Gasteiger partial charge in [0.25, 0.3) is 5.91 Å². The zero-order valence-corrected chi connectivity index (χ0v) is 26.6. The van der Waals surface area contributed by atoms with Crippen molar-refractivity contribution in [3.05, 3.63) is 76.6 Å². The monoisotopic (exact) mass is 644 g/mol. The first-order valence-electron chi connectivity index (χ1n) is 15.3. The fraction of sp³-hybridized carbons (Fsp3) is 0.382. The largest absolute Gasteiger partial charge is 0.416 e. The molecule has 244 valence electrons. The summed E-state index contributed by atoms with van der Waals surface area (Å²) < 4.78 is 50.4. The smallest absolute Gasteiger partial charge is 0.383 e. The number of anilines is 2. The van der Waals surface area contributed by atoms with Gasteiger partial charge in [0.1, 0.15) is 18.0 Å². The van der Waals surface area contributed by atoms with E-state index in [0.717, 1.165) is 18.9 Å². The number of methoxy groups -OCH3 is 1. The van der Waals surface area contributed by atoms with Crippen LogP contribution in [-0.2, 0) is 31.1 Å². The van der Waals surface area contributed by atoms with E-state index in [9.17, 15) is 23.2 Å². The van der Waals surface area contributed by atoms with E-state index in [2.05, 4.69) is 26.9 Å². The molecule has 2 aromatic carbocycles. The predicted molar refractivity (Wildman–Crippen MR) is 170 cm³/mol. The summed E-state index contributed by atoms with van der Waals surface area (Å²) in [5.74, 6) is 0.876. The fourth-order valence-corrected chi connectivity index (χ4v) is 5.88. The molecule has 0 bridgehead atoms. The Hall–Kier alpha value is -4.80. The van der Waals surface area contributed by atoms with Crippen LogP contribution >= 0.6 is 0 Å². The molecule has 2 aromatic heterocycles. The molecule has 2 aliphatic rings. The lowest BCUT2D eigenvalue weighted by Crippen LogP contribution is -2.35. The molecular weight excluding hydrogens is 609 g/mol. The standard InChI is InChI=1S/C34H35F3N8O2/c1-20(2)15-39-29-12-23(25-9-21(14-38)5-6-24(25)31-43-41-19-44(31)3)13-30(42-29)45-17-27-26(32(45)46)10-22(11-28(27)34(35,36)37)16-40-33(7-8-33)18-47-4/h5-6,9-13,19-20,40H,7-8,15-18H2,1-4H3,(H,39,42). The minimum Gasteiger partial charge on any atom is -0.383 e. The third-order valence-electron chi connectivity index (χ3n) is 8.54. The number of aromatic nitrogens is 4. The molecule has 0 spiro atoms. The SMILES string of the molecule is COCC1(NCc2cc3c(c(C(F)(F)F)c2)CN(c2cc(-c4cc(C#N)ccc4-c4nncn4C)cc(NCC(C)C)n2)C3=O)CC1. The van der Waals surface area contributed by atoms with Gasteiger partial charge in [-0.15, -0.1) is 10.2 Å². The molecule has 2 N–H and O–H groups in total. The van der Waals surface area contributed by atoms with Crippen molar-refractivity contribution in [1.82, 2.24) is 25.1 Å². The second kappa shape index (κ2) is 12.4. The van der Waals surface area contributed by atoms with Gasteiger partial charge < -0.3 is 19.9 Å². The van der Waals surface area contributed by atoms with Gasteiger partial charge in [-0.25, -0.2) is 4.98 Å². The molecular formula is C34H35F3N8O2. The van der Waals surface area contributed by atoms with Gasteiger partial charge in [0.05, 0.1) is 30.3 Å². The topological polar surface area (TPSA) is 121 Å². The van der Waals surface area contributed by atoms with Crippen LogP contribution < -0.4 is 15.5 Å². The fourth-order valence-electron chi connectivity index (χ4n) is 5.88. The highest BCUT2D eigenvalue weighted by atomic mass is 19.4. The van der Waals surface area contributed by atoms with Gasteiger partial charge in [-0.3, -0.25) is 9.69 Å². The Morgan fingerprint density at radius 1 is 1.11 bits per heavy atom. The lowest BCUT2D eigenvalue weighted by Gasteiger charge is -2.20. The van der Waals surface area contributed by atoms with E-state index in [1.54, 1.807) is 61.5 Å². The van der Waals surface area contributed by atoms with E-state index in [-0.39, 0.29) is 41.5 Å². The van der Waals surface area contributed by atoms with E-state index in [1.807, 2.05) is 13.8 Å². The highest BCUT2D eigenvalue weighted by molar-refractivity contribution is 6.10. The third kappa shape index (κ3) is 6.57. The van der Waals surface area contributed by atoms with E-state index in [0.29, 0.717) is 52.6 Å². The van der Waals surface area contributed by atoms with Crippen LogP contribution in [0.15, 0.2) is 48.8 Å². The number of rotatable bonds is 11. The summed E-state index contributed by atoms with van der Waals surface area (Å²) in [7, 11) is 3.39. The Kier molecular flexibility index (Phi) is 8.50. The molecule has 1 saturated carbocycles. The summed E-state index contributed by atoms with van der Waals surface area (Å²) in [6.07, 6.45) is -1.36. The minimum absolute atomic E-state index is 0.00311. The average Bonchev–Trinajstić information content (AvgIpc) is 3.55. The minimum atomic E-state index is -4.66. The summed E-state index contributed by atoms with van der Waals surface area (Å²) in [6, 6.07) is 13.5. The van der Waals surface area contributed by atoms with Crippen molar-refractivity contribution in [2.24, 2.45) is 13.0 Å². The van der Waals surface area contributed by atoms with Gasteiger partial charge in [-0.1, -0.05) is 13.8 Å². The Morgan fingerprint density at radius 3 is 2.53 bits per heavy atom. The van der Waals surface area contributed by atoms with Gasteiger partial charge >= 0.3 is 6.18 Å². The first-order valence-corrected chi connectivity index (χ1v) is 15.3. The second-order valence-corrected chi connectivity index (χ2v) is 12.6. The first kappa shape index (κ1) is 32.2. The molecule has 47 heavy (non-hydrogen) atoms. The number of nitrogens with one attached hydrogen (secondary N) is 2. The lowest BCUT2D eigenvalue weighted by molar-refractivity contribution is -0.138. The molecule has 3 heterocycles. The van der Waals surface area contributed by atoms with Crippen LogP contribution in [-0.4, -0.2) is 51.5 Å². The molecule has 4 aromatic rings. The lowest BCUT2D eigenvalue weighted by atomic mass is 9.97. The van der Waals surface area contributed by atoms with Crippen molar-refractivity contribution in [2.75, 3.05) is 30.5 Å². The van der Waals surface area contributed by atoms with Crippen molar-refractivity contribution in [3.63, 3.8) is 0 Å². The van der Waals surface area contributed by atoms with Gasteiger partial charge in [0.2, 0.25) is 0 Å². The number of nitriles is 1. The molecule has 1 aliphatic carbocycles. The average molecular weight is 645 g/mol. The number of alkyl halides is 3. The molecule has 1 fully saturated rings. The number of aryl methyl sites for hydroxylation is 1. The number of halogens is 3. The summed E-state index contributed by atoms with van der Waals surface area (Å²) in [5.41, 5.74) is 1.53. The Labute approximate surface area is 270 Å². The number of carbonyl (C=O) groups excluding carboxylic acids is 1. The molecule has 1 amide bonds. The van der Waals surface area contributed by atoms with Crippen LogP contribution in [0.1, 0.15) is 59.3 Å². The van der Waals surface area contributed by atoms with Gasteiger partial charge in [-0.2, -0.15) is 18.4 Å². The summed E-state index contributed by atoms with van der Waals surface area (Å²) in [5, 5.41) is 24.6. The van der Waals surface area contributed by atoms with Crippen molar-refractivity contribution in [3.8, 4) is 28.6 Å². The van der Waals surface area contributed by atoms with Crippen LogP contribution in [0.4, 0.5) is 24.8 Å². The van der Waals surface area contributed by atoms with Crippen LogP contribution in [0.3, 0.4) is 0 Å². The quantitative estimate of drug-likeness (QED) is 0.206. The second-order valence-electron chi connectivity index (χ2n) is 12.6. The maximum atomic E-state index is 14.5. The molecule has 6 rings (SSSR count). The van der Waals surface area contributed by atoms with Gasteiger partial charge in [0, 0.05) is 43.9 Å². The van der Waals surface area contributed by atoms with Crippen LogP contribution in [0.25, 0.3) is 22.5 Å².